The van der Waals surface area contributed by atoms with Crippen molar-refractivity contribution in [2.24, 2.45) is 0 Å². The second-order valence-corrected chi connectivity index (χ2v) is 4.26. The van der Waals surface area contributed by atoms with Gasteiger partial charge in [-0.25, -0.2) is 0 Å². The van der Waals surface area contributed by atoms with Crippen molar-refractivity contribution in [1.82, 2.24) is 0 Å². The van der Waals surface area contributed by atoms with E-state index in [0.717, 1.165) is 24.1 Å². The van der Waals surface area contributed by atoms with E-state index < -0.39 is 0 Å². The normalized spacial score (nSPS) is 10.2. The van der Waals surface area contributed by atoms with Gasteiger partial charge in [-0.15, -0.1) is 11.6 Å². The van der Waals surface area contributed by atoms with Gasteiger partial charge in [-0.1, -0.05) is 19.1 Å². The van der Waals surface area contributed by atoms with Gasteiger partial charge in [0.05, 0.1) is 0 Å². The molecule has 2 nitrogen and oxygen atoms in total. The highest BCUT2D eigenvalue weighted by Gasteiger charge is 2.04. The number of carbonyl (C=O) groups excluding carboxylic acids is 1. The number of rotatable bonds is 5. The Hall–Kier alpha value is -1.02. The minimum absolute atomic E-state index is 0.0793. The van der Waals surface area contributed by atoms with Crippen LogP contribution in [0.25, 0.3) is 0 Å². The fraction of sp³-hybridized carbons (Fsp3) is 0.462. The first-order valence-electron chi connectivity index (χ1n) is 5.62. The average molecular weight is 240 g/mol. The number of hydrogen-bond acceptors (Lipinski definition) is 1. The highest BCUT2D eigenvalue weighted by molar-refractivity contribution is 6.18. The maximum atomic E-state index is 11.4. The Balaban J connectivity index is 2.71. The molecule has 0 radical (unpaired) electrons. The molecule has 0 unspecified atom stereocenters. The van der Waals surface area contributed by atoms with Crippen LogP contribution in [-0.2, 0) is 11.2 Å². The lowest BCUT2D eigenvalue weighted by Crippen LogP contribution is -2.11. The first-order chi connectivity index (χ1) is 7.67. The smallest absolute Gasteiger partial charge is 0.224 e. The van der Waals surface area contributed by atoms with Crippen molar-refractivity contribution in [2.75, 3.05) is 11.2 Å². The largest absolute Gasteiger partial charge is 0.326 e. The van der Waals surface area contributed by atoms with Gasteiger partial charge in [-0.2, -0.15) is 0 Å². The molecular formula is C13H18ClNO. The predicted molar refractivity (Wildman–Crippen MR) is 69.1 cm³/mol. The van der Waals surface area contributed by atoms with Crippen LogP contribution in [-0.4, -0.2) is 11.8 Å². The molecule has 0 heterocycles. The van der Waals surface area contributed by atoms with Crippen molar-refractivity contribution in [2.45, 2.75) is 33.1 Å². The van der Waals surface area contributed by atoms with Crippen molar-refractivity contribution in [1.29, 1.82) is 0 Å². The third-order valence-electron chi connectivity index (χ3n) is 2.43. The minimum atomic E-state index is 0.0793. The summed E-state index contributed by atoms with van der Waals surface area (Å²) in [7, 11) is 0. The number of benzene rings is 1. The highest BCUT2D eigenvalue weighted by atomic mass is 35.5. The fourth-order valence-corrected chi connectivity index (χ4v) is 1.79. The first-order valence-corrected chi connectivity index (χ1v) is 6.16. The molecule has 0 saturated heterocycles. The van der Waals surface area contributed by atoms with E-state index in [2.05, 4.69) is 11.4 Å². The second kappa shape index (κ2) is 6.54. The second-order valence-electron chi connectivity index (χ2n) is 3.89. The van der Waals surface area contributed by atoms with Crippen LogP contribution in [0.15, 0.2) is 18.2 Å². The van der Waals surface area contributed by atoms with Crippen molar-refractivity contribution in [3.8, 4) is 0 Å². The molecule has 1 N–H and O–H groups in total. The van der Waals surface area contributed by atoms with Crippen molar-refractivity contribution >= 4 is 23.2 Å². The molecule has 1 aromatic rings. The number of carbonyl (C=O) groups is 1. The molecule has 1 rings (SSSR count). The molecule has 0 spiro atoms. The van der Waals surface area contributed by atoms with Gasteiger partial charge in [0, 0.05) is 18.0 Å². The van der Waals surface area contributed by atoms with E-state index in [9.17, 15) is 4.79 Å². The van der Waals surface area contributed by atoms with Crippen LogP contribution in [0.2, 0.25) is 0 Å². The SMILES string of the molecule is CCCC(=O)Nc1ccc(CCCl)cc1C. The number of amides is 1. The molecule has 0 aliphatic heterocycles. The van der Waals surface area contributed by atoms with E-state index >= 15 is 0 Å². The summed E-state index contributed by atoms with van der Waals surface area (Å²) in [5, 5.41) is 2.91. The maximum absolute atomic E-state index is 11.4. The number of hydrogen-bond donors (Lipinski definition) is 1. The molecule has 0 bridgehead atoms. The molecular weight excluding hydrogens is 222 g/mol. The van der Waals surface area contributed by atoms with E-state index in [1.54, 1.807) is 0 Å². The summed E-state index contributed by atoms with van der Waals surface area (Å²) in [4.78, 5) is 11.4. The predicted octanol–water partition coefficient (Wildman–Crippen LogP) is 3.51. The number of halogens is 1. The third-order valence-corrected chi connectivity index (χ3v) is 2.61. The third kappa shape index (κ3) is 3.86. The quantitative estimate of drug-likeness (QED) is 0.783. The summed E-state index contributed by atoms with van der Waals surface area (Å²) in [6.07, 6.45) is 2.31. The van der Waals surface area contributed by atoms with Gasteiger partial charge in [0.1, 0.15) is 0 Å². The number of anilines is 1. The summed E-state index contributed by atoms with van der Waals surface area (Å²) in [5.41, 5.74) is 3.20. The highest BCUT2D eigenvalue weighted by Crippen LogP contribution is 2.17. The molecule has 1 amide bonds. The number of alkyl halides is 1. The Morgan fingerprint density at radius 2 is 2.19 bits per heavy atom. The summed E-state index contributed by atoms with van der Waals surface area (Å²) < 4.78 is 0. The van der Waals surface area contributed by atoms with Crippen LogP contribution in [0.3, 0.4) is 0 Å². The van der Waals surface area contributed by atoms with Gasteiger partial charge in [0.15, 0.2) is 0 Å². The lowest BCUT2D eigenvalue weighted by Gasteiger charge is -2.09. The zero-order chi connectivity index (χ0) is 12.0. The van der Waals surface area contributed by atoms with Crippen LogP contribution in [0.4, 0.5) is 5.69 Å². The lowest BCUT2D eigenvalue weighted by molar-refractivity contribution is -0.116. The molecule has 1 aromatic carbocycles. The Morgan fingerprint density at radius 1 is 1.44 bits per heavy atom. The first kappa shape index (κ1) is 13.0. The lowest BCUT2D eigenvalue weighted by atomic mass is 10.1. The van der Waals surface area contributed by atoms with Crippen molar-refractivity contribution < 1.29 is 4.79 Å². The molecule has 0 aliphatic rings. The van der Waals surface area contributed by atoms with E-state index in [0.29, 0.717) is 12.3 Å². The Morgan fingerprint density at radius 3 is 2.75 bits per heavy atom. The average Bonchev–Trinajstić information content (AvgIpc) is 2.23. The van der Waals surface area contributed by atoms with Gasteiger partial charge in [-0.3, -0.25) is 4.79 Å². The van der Waals surface area contributed by atoms with Crippen molar-refractivity contribution in [3.63, 3.8) is 0 Å². The molecule has 0 aromatic heterocycles. The van der Waals surface area contributed by atoms with E-state index in [4.69, 9.17) is 11.6 Å². The number of aryl methyl sites for hydroxylation is 2. The standard InChI is InChI=1S/C13H18ClNO/c1-3-4-13(16)15-12-6-5-11(7-8-14)9-10(12)2/h5-6,9H,3-4,7-8H2,1-2H3,(H,15,16). The van der Waals surface area contributed by atoms with E-state index in [-0.39, 0.29) is 5.91 Å². The molecule has 0 aliphatic carbocycles. The van der Waals surface area contributed by atoms with Crippen LogP contribution in [0.5, 0.6) is 0 Å². The summed E-state index contributed by atoms with van der Waals surface area (Å²) >= 11 is 5.68. The Labute approximate surface area is 102 Å². The Kier molecular flexibility index (Phi) is 5.33. The molecule has 0 atom stereocenters. The van der Waals surface area contributed by atoms with Crippen molar-refractivity contribution in [3.05, 3.63) is 29.3 Å². The van der Waals surface area contributed by atoms with Gasteiger partial charge in [0.25, 0.3) is 0 Å². The number of nitrogens with one attached hydrogen (secondary N) is 1. The maximum Gasteiger partial charge on any atom is 0.224 e. The zero-order valence-corrected chi connectivity index (χ0v) is 10.6. The van der Waals surface area contributed by atoms with Crippen LogP contribution >= 0.6 is 11.6 Å². The minimum Gasteiger partial charge on any atom is -0.326 e. The van der Waals surface area contributed by atoms with E-state index in [1.165, 1.54) is 5.56 Å². The van der Waals surface area contributed by atoms with Gasteiger partial charge in [0.2, 0.25) is 5.91 Å². The van der Waals surface area contributed by atoms with E-state index in [1.807, 2.05) is 26.0 Å². The Bertz CT molecular complexity index is 363. The van der Waals surface area contributed by atoms with Gasteiger partial charge in [-0.05, 0) is 37.0 Å². The van der Waals surface area contributed by atoms with Gasteiger partial charge >= 0.3 is 0 Å². The monoisotopic (exact) mass is 239 g/mol. The summed E-state index contributed by atoms with van der Waals surface area (Å²) in [6, 6.07) is 6.03. The zero-order valence-electron chi connectivity index (χ0n) is 9.85. The molecule has 16 heavy (non-hydrogen) atoms. The fourth-order valence-electron chi connectivity index (χ4n) is 1.57. The molecule has 88 valence electrons. The topological polar surface area (TPSA) is 29.1 Å². The van der Waals surface area contributed by atoms with Crippen LogP contribution < -0.4 is 5.32 Å². The summed E-state index contributed by atoms with van der Waals surface area (Å²) in [5.74, 6) is 0.705. The molecule has 3 heteroatoms. The summed E-state index contributed by atoms with van der Waals surface area (Å²) in [6.45, 7) is 4.00. The van der Waals surface area contributed by atoms with Crippen LogP contribution in [0.1, 0.15) is 30.9 Å². The molecule has 0 saturated carbocycles. The molecule has 0 fully saturated rings. The van der Waals surface area contributed by atoms with Gasteiger partial charge < -0.3 is 5.32 Å². The van der Waals surface area contributed by atoms with Crippen LogP contribution in [0, 0.1) is 6.92 Å².